The Bertz CT molecular complexity index is 1010. The Kier molecular flexibility index (Phi) is 13.6. The first-order chi connectivity index (χ1) is 17.1. The van der Waals surface area contributed by atoms with Gasteiger partial charge in [-0.2, -0.15) is 0 Å². The largest absolute Gasteiger partial charge is 0.478 e. The van der Waals surface area contributed by atoms with Crippen molar-refractivity contribution in [2.45, 2.75) is 19.9 Å². The highest BCUT2D eigenvalue weighted by Gasteiger charge is 2.20. The Morgan fingerprint density at radius 3 is 1.61 bits per heavy atom. The third kappa shape index (κ3) is 12.9. The molecular formula is C27H33N3O6. The molecule has 2 aromatic rings. The van der Waals surface area contributed by atoms with Crippen molar-refractivity contribution in [3.8, 4) is 0 Å². The molecule has 0 saturated carbocycles. The van der Waals surface area contributed by atoms with E-state index in [1.807, 2.05) is 73.7 Å². The smallest absolute Gasteiger partial charge is 0.328 e. The molecule has 2 amide bonds. The molecule has 2 aromatic carbocycles. The second kappa shape index (κ2) is 16.4. The first kappa shape index (κ1) is 29.8. The predicted molar refractivity (Wildman–Crippen MR) is 138 cm³/mol. The van der Waals surface area contributed by atoms with Crippen LogP contribution in [0.3, 0.4) is 0 Å². The van der Waals surface area contributed by atoms with Gasteiger partial charge in [-0.15, -0.1) is 0 Å². The molecule has 36 heavy (non-hydrogen) atoms. The van der Waals surface area contributed by atoms with Gasteiger partial charge in [0.25, 0.3) is 0 Å². The van der Waals surface area contributed by atoms with E-state index in [1.54, 1.807) is 22.8 Å². The zero-order chi connectivity index (χ0) is 26.9. The van der Waals surface area contributed by atoms with Crippen LogP contribution in [0.4, 0.5) is 0 Å². The highest BCUT2D eigenvalue weighted by molar-refractivity contribution is 5.92. The second-order valence-corrected chi connectivity index (χ2v) is 7.78. The first-order valence-electron chi connectivity index (χ1n) is 11.3. The number of carbonyl (C=O) groups is 4. The molecule has 0 aliphatic carbocycles. The van der Waals surface area contributed by atoms with E-state index in [1.165, 1.54) is 5.56 Å². The molecule has 0 spiro atoms. The Morgan fingerprint density at radius 2 is 1.22 bits per heavy atom. The van der Waals surface area contributed by atoms with Gasteiger partial charge in [-0.1, -0.05) is 60.7 Å². The molecule has 1 aliphatic rings. The van der Waals surface area contributed by atoms with E-state index >= 15 is 0 Å². The predicted octanol–water partition coefficient (Wildman–Crippen LogP) is 2.81. The van der Waals surface area contributed by atoms with Crippen LogP contribution < -0.4 is 5.73 Å². The van der Waals surface area contributed by atoms with Gasteiger partial charge in [-0.25, -0.2) is 9.59 Å². The van der Waals surface area contributed by atoms with Gasteiger partial charge in [0.2, 0.25) is 11.8 Å². The number of carbonyl (C=O) groups excluding carboxylic acids is 2. The maximum atomic E-state index is 12.0. The molecule has 1 saturated heterocycles. The normalized spacial score (nSPS) is 13.8. The maximum absolute atomic E-state index is 12.0. The summed E-state index contributed by atoms with van der Waals surface area (Å²) in [6.07, 6.45) is 4.53. The minimum absolute atomic E-state index is 0.00653. The monoisotopic (exact) mass is 495 g/mol. The number of benzene rings is 2. The van der Waals surface area contributed by atoms with Crippen molar-refractivity contribution in [1.29, 1.82) is 0 Å². The Hall–Kier alpha value is -4.24. The number of rotatable bonds is 5. The first-order valence-corrected chi connectivity index (χ1v) is 11.3. The minimum Gasteiger partial charge on any atom is -0.478 e. The average Bonchev–Trinajstić information content (AvgIpc) is 2.88. The van der Waals surface area contributed by atoms with E-state index in [0.29, 0.717) is 38.3 Å². The lowest BCUT2D eigenvalue weighted by molar-refractivity contribution is -0.135. The van der Waals surface area contributed by atoms with Crippen LogP contribution in [0.15, 0.2) is 78.9 Å². The van der Waals surface area contributed by atoms with Crippen LogP contribution in [0.1, 0.15) is 31.0 Å². The molecule has 0 bridgehead atoms. The molecule has 9 heteroatoms. The number of nitrogens with two attached hydrogens (primary N) is 1. The summed E-state index contributed by atoms with van der Waals surface area (Å²) in [7, 11) is 0. The van der Waals surface area contributed by atoms with Crippen LogP contribution in [0.25, 0.3) is 6.08 Å². The minimum atomic E-state index is -1.26. The van der Waals surface area contributed by atoms with Gasteiger partial charge in [0.1, 0.15) is 0 Å². The fourth-order valence-electron chi connectivity index (χ4n) is 2.98. The van der Waals surface area contributed by atoms with E-state index in [-0.39, 0.29) is 17.9 Å². The third-order valence-corrected chi connectivity index (χ3v) is 4.95. The number of carboxylic acids is 2. The molecule has 1 fully saturated rings. The number of aliphatic carboxylic acids is 2. The van der Waals surface area contributed by atoms with Crippen molar-refractivity contribution in [1.82, 2.24) is 9.80 Å². The third-order valence-electron chi connectivity index (χ3n) is 4.95. The summed E-state index contributed by atoms with van der Waals surface area (Å²) in [4.78, 5) is 45.8. The summed E-state index contributed by atoms with van der Waals surface area (Å²) >= 11 is 0. The van der Waals surface area contributed by atoms with Gasteiger partial charge in [-0.05, 0) is 24.1 Å². The van der Waals surface area contributed by atoms with Crippen LogP contribution in [0.5, 0.6) is 0 Å². The number of hydrogen-bond acceptors (Lipinski definition) is 5. The maximum Gasteiger partial charge on any atom is 0.328 e. The van der Waals surface area contributed by atoms with E-state index < -0.39 is 11.9 Å². The lowest BCUT2D eigenvalue weighted by atomic mass is 10.1. The quantitative estimate of drug-likeness (QED) is 0.542. The lowest BCUT2D eigenvalue weighted by Gasteiger charge is -2.33. The van der Waals surface area contributed by atoms with E-state index in [0.717, 1.165) is 5.56 Å². The van der Waals surface area contributed by atoms with Crippen molar-refractivity contribution < 1.29 is 29.4 Å². The van der Waals surface area contributed by atoms with Gasteiger partial charge >= 0.3 is 11.9 Å². The Labute approximate surface area is 211 Å². The molecule has 1 aliphatic heterocycles. The van der Waals surface area contributed by atoms with E-state index in [4.69, 9.17) is 15.9 Å². The highest BCUT2D eigenvalue weighted by atomic mass is 16.4. The fourth-order valence-corrected chi connectivity index (χ4v) is 2.98. The van der Waals surface area contributed by atoms with Gasteiger partial charge < -0.3 is 25.7 Å². The molecular weight excluding hydrogens is 462 g/mol. The number of piperazine rings is 1. The summed E-state index contributed by atoms with van der Waals surface area (Å²) < 4.78 is 0. The molecule has 0 radical (unpaired) electrons. The molecule has 4 N–H and O–H groups in total. The fraction of sp³-hybridized carbons (Fsp3) is 0.259. The standard InChI is InChI=1S/C15H18N2O2.C8H11N.C4H4O4/c1-13(18)16-9-11-17(12-10-16)15(19)8-7-14-5-3-2-4-6-14;1-7(9)8-5-3-2-4-6-8;5-3(6)1-2-4(7)8/h2-8H,9-12H2,1H3;2-7H,9H2,1H3;1-2H,(H,5,6)(H,7,8)/b;;2-1-. The number of amides is 2. The van der Waals surface area contributed by atoms with Crippen molar-refractivity contribution in [3.63, 3.8) is 0 Å². The van der Waals surface area contributed by atoms with Crippen LogP contribution in [-0.2, 0) is 19.2 Å². The van der Waals surface area contributed by atoms with Gasteiger partial charge in [0.15, 0.2) is 0 Å². The number of carboxylic acid groups (broad SMARTS) is 2. The van der Waals surface area contributed by atoms with Crippen LogP contribution in [0.2, 0.25) is 0 Å². The van der Waals surface area contributed by atoms with Crippen LogP contribution in [0, 0.1) is 0 Å². The van der Waals surface area contributed by atoms with E-state index in [2.05, 4.69) is 0 Å². The highest BCUT2D eigenvalue weighted by Crippen LogP contribution is 2.07. The summed E-state index contributed by atoms with van der Waals surface area (Å²) in [6.45, 7) is 6.01. The van der Waals surface area contributed by atoms with Crippen molar-refractivity contribution in [3.05, 3.63) is 90.0 Å². The molecule has 0 aromatic heterocycles. The SMILES string of the molecule is CC(=O)N1CCN(C(=O)C=Cc2ccccc2)CC1.CC(N)c1ccccc1.O=C(O)/C=C\C(=O)O. The zero-order valence-electron chi connectivity index (χ0n) is 20.5. The van der Waals surface area contributed by atoms with Gasteiger partial charge in [0, 0.05) is 57.4 Å². The second-order valence-electron chi connectivity index (χ2n) is 7.78. The number of hydrogen-bond donors (Lipinski definition) is 3. The molecule has 192 valence electrons. The molecule has 1 heterocycles. The molecule has 3 rings (SSSR count). The zero-order valence-corrected chi connectivity index (χ0v) is 20.5. The lowest BCUT2D eigenvalue weighted by Crippen LogP contribution is -2.49. The van der Waals surface area contributed by atoms with Crippen molar-refractivity contribution in [2.24, 2.45) is 5.73 Å². The molecule has 1 unspecified atom stereocenters. The van der Waals surface area contributed by atoms with Crippen molar-refractivity contribution in [2.75, 3.05) is 26.2 Å². The molecule has 9 nitrogen and oxygen atoms in total. The Morgan fingerprint density at radius 1 is 0.778 bits per heavy atom. The summed E-state index contributed by atoms with van der Waals surface area (Å²) in [5.74, 6) is -2.43. The summed E-state index contributed by atoms with van der Waals surface area (Å²) in [5.41, 5.74) is 7.82. The number of nitrogens with zero attached hydrogens (tertiary/aromatic N) is 2. The van der Waals surface area contributed by atoms with Gasteiger partial charge in [0.05, 0.1) is 0 Å². The van der Waals surface area contributed by atoms with Crippen LogP contribution in [-0.4, -0.2) is 69.9 Å². The average molecular weight is 496 g/mol. The van der Waals surface area contributed by atoms with E-state index in [9.17, 15) is 19.2 Å². The van der Waals surface area contributed by atoms with Gasteiger partial charge in [-0.3, -0.25) is 9.59 Å². The molecule has 1 atom stereocenters. The van der Waals surface area contributed by atoms with Crippen molar-refractivity contribution >= 4 is 29.8 Å². The topological polar surface area (TPSA) is 141 Å². The summed E-state index contributed by atoms with van der Waals surface area (Å²) in [5, 5.41) is 15.6. The van der Waals surface area contributed by atoms with Crippen LogP contribution >= 0.6 is 0 Å². The Balaban J connectivity index is 0.000000317. The summed E-state index contributed by atoms with van der Waals surface area (Å²) in [6, 6.07) is 19.9.